The fraction of sp³-hybridized carbons (Fsp3) is 0.455. The van der Waals surface area contributed by atoms with E-state index in [0.29, 0.717) is 19.6 Å². The van der Waals surface area contributed by atoms with Gasteiger partial charge in [-0.1, -0.05) is 6.07 Å². The van der Waals surface area contributed by atoms with E-state index in [9.17, 15) is 4.79 Å². The number of nitrogens with zero attached hydrogens (tertiary/aromatic N) is 2. The average molecular weight is 222 g/mol. The molecule has 0 fully saturated rings. The summed E-state index contributed by atoms with van der Waals surface area (Å²) in [4.78, 5) is 17.2. The van der Waals surface area contributed by atoms with Crippen molar-refractivity contribution in [3.8, 4) is 0 Å². The minimum atomic E-state index is -0.103. The van der Waals surface area contributed by atoms with Gasteiger partial charge in [0.05, 0.1) is 0 Å². The number of hydrogen-bond donors (Lipinski definition) is 2. The molecule has 0 unspecified atom stereocenters. The van der Waals surface area contributed by atoms with Gasteiger partial charge in [0.15, 0.2) is 0 Å². The maximum absolute atomic E-state index is 11.5. The van der Waals surface area contributed by atoms with Gasteiger partial charge in [-0.05, 0) is 25.5 Å². The van der Waals surface area contributed by atoms with E-state index in [1.165, 1.54) is 0 Å². The van der Waals surface area contributed by atoms with Crippen molar-refractivity contribution in [3.63, 3.8) is 0 Å². The Labute approximate surface area is 95.8 Å². The van der Waals surface area contributed by atoms with E-state index in [0.717, 1.165) is 5.56 Å². The Bertz CT molecular complexity index is 311. The maximum atomic E-state index is 11.5. The third kappa shape index (κ3) is 3.86. The SMILES string of the molecule is CCN(CC)C(=O)NNCc1cccnc1. The molecule has 0 radical (unpaired) electrons. The molecule has 16 heavy (non-hydrogen) atoms. The number of carbonyl (C=O) groups excluding carboxylic acids is 1. The Morgan fingerprint density at radius 2 is 2.19 bits per heavy atom. The first-order chi connectivity index (χ1) is 7.77. The molecule has 0 saturated heterocycles. The number of amides is 2. The topological polar surface area (TPSA) is 57.3 Å². The summed E-state index contributed by atoms with van der Waals surface area (Å²) in [7, 11) is 0. The van der Waals surface area contributed by atoms with Crippen LogP contribution in [-0.2, 0) is 6.54 Å². The lowest BCUT2D eigenvalue weighted by Gasteiger charge is -2.19. The van der Waals surface area contributed by atoms with Crippen LogP contribution in [-0.4, -0.2) is 29.0 Å². The van der Waals surface area contributed by atoms with Crippen LogP contribution in [0, 0.1) is 0 Å². The summed E-state index contributed by atoms with van der Waals surface area (Å²) in [6, 6.07) is 3.71. The molecule has 0 aliphatic heterocycles. The van der Waals surface area contributed by atoms with Crippen LogP contribution in [0.5, 0.6) is 0 Å². The number of hydrogen-bond acceptors (Lipinski definition) is 3. The molecule has 0 aromatic carbocycles. The van der Waals surface area contributed by atoms with Crippen molar-refractivity contribution >= 4 is 6.03 Å². The molecule has 2 N–H and O–H groups in total. The minimum Gasteiger partial charge on any atom is -0.324 e. The molecule has 5 nitrogen and oxygen atoms in total. The highest BCUT2D eigenvalue weighted by molar-refractivity contribution is 5.73. The van der Waals surface area contributed by atoms with Crippen LogP contribution in [0.2, 0.25) is 0 Å². The van der Waals surface area contributed by atoms with Crippen molar-refractivity contribution in [3.05, 3.63) is 30.1 Å². The van der Waals surface area contributed by atoms with E-state index < -0.39 is 0 Å². The summed E-state index contributed by atoms with van der Waals surface area (Å²) < 4.78 is 0. The molecule has 1 aromatic rings. The van der Waals surface area contributed by atoms with Crippen LogP contribution in [0.25, 0.3) is 0 Å². The summed E-state index contributed by atoms with van der Waals surface area (Å²) in [6.07, 6.45) is 3.48. The van der Waals surface area contributed by atoms with Crippen molar-refractivity contribution in [2.75, 3.05) is 13.1 Å². The summed E-state index contributed by atoms with van der Waals surface area (Å²) in [6.45, 7) is 5.88. The number of nitrogens with one attached hydrogen (secondary N) is 2. The van der Waals surface area contributed by atoms with Gasteiger partial charge in [0.1, 0.15) is 0 Å². The Morgan fingerprint density at radius 1 is 1.44 bits per heavy atom. The van der Waals surface area contributed by atoms with Crippen molar-refractivity contribution in [2.24, 2.45) is 0 Å². The lowest BCUT2D eigenvalue weighted by molar-refractivity contribution is 0.198. The summed E-state index contributed by atoms with van der Waals surface area (Å²) in [5, 5.41) is 0. The standard InChI is InChI=1S/C11H18N4O/c1-3-15(4-2)11(16)14-13-9-10-6-5-7-12-8-10/h5-8,13H,3-4,9H2,1-2H3,(H,14,16). The molecule has 88 valence electrons. The van der Waals surface area contributed by atoms with Crippen LogP contribution in [0.1, 0.15) is 19.4 Å². The Kier molecular flexibility index (Phi) is 5.28. The fourth-order valence-corrected chi connectivity index (χ4v) is 1.31. The van der Waals surface area contributed by atoms with Gasteiger partial charge in [0, 0.05) is 32.0 Å². The summed E-state index contributed by atoms with van der Waals surface area (Å²) in [5.74, 6) is 0. The third-order valence-electron chi connectivity index (χ3n) is 2.26. The van der Waals surface area contributed by atoms with Crippen molar-refractivity contribution in [1.29, 1.82) is 0 Å². The average Bonchev–Trinajstić information content (AvgIpc) is 2.32. The molecule has 1 heterocycles. The highest BCUT2D eigenvalue weighted by atomic mass is 16.2. The Balaban J connectivity index is 2.28. The summed E-state index contributed by atoms with van der Waals surface area (Å²) >= 11 is 0. The van der Waals surface area contributed by atoms with E-state index >= 15 is 0 Å². The summed E-state index contributed by atoms with van der Waals surface area (Å²) in [5.41, 5.74) is 6.54. The number of aromatic nitrogens is 1. The van der Waals surface area contributed by atoms with Crippen LogP contribution in [0.4, 0.5) is 4.79 Å². The highest BCUT2D eigenvalue weighted by Gasteiger charge is 2.07. The van der Waals surface area contributed by atoms with Crippen molar-refractivity contribution in [1.82, 2.24) is 20.7 Å². The van der Waals surface area contributed by atoms with Gasteiger partial charge in [-0.15, -0.1) is 0 Å². The van der Waals surface area contributed by atoms with E-state index in [2.05, 4.69) is 15.8 Å². The number of pyridine rings is 1. The second-order valence-corrected chi connectivity index (χ2v) is 3.32. The van der Waals surface area contributed by atoms with E-state index in [-0.39, 0.29) is 6.03 Å². The molecule has 0 saturated carbocycles. The van der Waals surface area contributed by atoms with Crippen LogP contribution >= 0.6 is 0 Å². The molecule has 0 aliphatic carbocycles. The number of hydrazine groups is 1. The zero-order valence-corrected chi connectivity index (χ0v) is 9.73. The number of urea groups is 1. The zero-order valence-electron chi connectivity index (χ0n) is 9.73. The van der Waals surface area contributed by atoms with Gasteiger partial charge >= 0.3 is 6.03 Å². The number of rotatable bonds is 5. The first-order valence-electron chi connectivity index (χ1n) is 5.44. The lowest BCUT2D eigenvalue weighted by Crippen LogP contribution is -2.46. The Morgan fingerprint density at radius 3 is 2.75 bits per heavy atom. The predicted octanol–water partition coefficient (Wildman–Crippen LogP) is 1.14. The van der Waals surface area contributed by atoms with Gasteiger partial charge < -0.3 is 4.90 Å². The van der Waals surface area contributed by atoms with E-state index in [1.807, 2.05) is 26.0 Å². The second-order valence-electron chi connectivity index (χ2n) is 3.32. The van der Waals surface area contributed by atoms with Gasteiger partial charge in [-0.2, -0.15) is 0 Å². The molecule has 5 heteroatoms. The molecule has 1 aromatic heterocycles. The molecular formula is C11H18N4O. The second kappa shape index (κ2) is 6.79. The molecule has 0 aliphatic rings. The lowest BCUT2D eigenvalue weighted by atomic mass is 10.3. The Hall–Kier alpha value is -1.62. The molecular weight excluding hydrogens is 204 g/mol. The zero-order chi connectivity index (χ0) is 11.8. The van der Waals surface area contributed by atoms with Gasteiger partial charge in [0.25, 0.3) is 0 Å². The van der Waals surface area contributed by atoms with E-state index in [1.54, 1.807) is 17.3 Å². The van der Waals surface area contributed by atoms with Crippen LogP contribution < -0.4 is 10.9 Å². The van der Waals surface area contributed by atoms with Gasteiger partial charge in [0.2, 0.25) is 0 Å². The van der Waals surface area contributed by atoms with Crippen LogP contribution in [0.15, 0.2) is 24.5 Å². The first-order valence-corrected chi connectivity index (χ1v) is 5.44. The predicted molar refractivity (Wildman–Crippen MR) is 62.5 cm³/mol. The largest absolute Gasteiger partial charge is 0.331 e. The number of carbonyl (C=O) groups is 1. The van der Waals surface area contributed by atoms with Crippen molar-refractivity contribution < 1.29 is 4.79 Å². The van der Waals surface area contributed by atoms with Gasteiger partial charge in [-0.25, -0.2) is 10.2 Å². The maximum Gasteiger partial charge on any atom is 0.331 e. The van der Waals surface area contributed by atoms with Crippen molar-refractivity contribution in [2.45, 2.75) is 20.4 Å². The molecule has 0 spiro atoms. The molecule has 0 atom stereocenters. The van der Waals surface area contributed by atoms with Crippen LogP contribution in [0.3, 0.4) is 0 Å². The molecule has 0 bridgehead atoms. The minimum absolute atomic E-state index is 0.103. The normalized spacial score (nSPS) is 9.88. The smallest absolute Gasteiger partial charge is 0.324 e. The fourth-order valence-electron chi connectivity index (χ4n) is 1.31. The van der Waals surface area contributed by atoms with E-state index in [4.69, 9.17) is 0 Å². The van der Waals surface area contributed by atoms with Gasteiger partial charge in [-0.3, -0.25) is 10.4 Å². The molecule has 1 rings (SSSR count). The highest BCUT2D eigenvalue weighted by Crippen LogP contribution is 1.93. The molecule has 2 amide bonds. The monoisotopic (exact) mass is 222 g/mol. The third-order valence-corrected chi connectivity index (χ3v) is 2.26. The first kappa shape index (κ1) is 12.4. The quantitative estimate of drug-likeness (QED) is 0.734.